The first-order chi connectivity index (χ1) is 12.6. The van der Waals surface area contributed by atoms with Gasteiger partial charge in [-0.3, -0.25) is 14.6 Å². The maximum Gasteiger partial charge on any atom is 0.166 e. The Balaban J connectivity index is 1.94. The number of likely N-dealkylation sites (N-methyl/N-ethyl adjacent to an activating group) is 1. The second-order valence-corrected chi connectivity index (χ2v) is 7.10. The average molecular weight is 352 g/mol. The first-order valence-corrected chi connectivity index (χ1v) is 9.24. The van der Waals surface area contributed by atoms with E-state index in [1.165, 1.54) is 5.56 Å². The number of benzene rings is 2. The Bertz CT molecular complexity index is 697. The van der Waals surface area contributed by atoms with Crippen LogP contribution in [0.3, 0.4) is 0 Å². The minimum absolute atomic E-state index is 0.182. The zero-order valence-electron chi connectivity index (χ0n) is 15.7. The standard InChI is InChI=1S/C22H28N2O2/c1-23(2)22(24-13-15-26-16-14-24,17-19-9-5-3-6-10-19)18-21(25)20-11-7-4-8-12-20/h3-12H,13-18H2,1-2H3. The summed E-state index contributed by atoms with van der Waals surface area (Å²) in [4.78, 5) is 17.7. The number of ketones is 1. The van der Waals surface area contributed by atoms with Gasteiger partial charge in [-0.15, -0.1) is 0 Å². The smallest absolute Gasteiger partial charge is 0.166 e. The summed E-state index contributed by atoms with van der Waals surface area (Å²) in [6, 6.07) is 20.1. The molecular weight excluding hydrogens is 324 g/mol. The van der Waals surface area contributed by atoms with Gasteiger partial charge in [0.05, 0.1) is 18.9 Å². The lowest BCUT2D eigenvalue weighted by Crippen LogP contribution is -2.63. The van der Waals surface area contributed by atoms with Gasteiger partial charge in [0, 0.05) is 31.5 Å². The van der Waals surface area contributed by atoms with E-state index in [9.17, 15) is 4.79 Å². The van der Waals surface area contributed by atoms with Gasteiger partial charge in [0.2, 0.25) is 0 Å². The lowest BCUT2D eigenvalue weighted by Gasteiger charge is -2.50. The maximum absolute atomic E-state index is 13.1. The maximum atomic E-state index is 13.1. The summed E-state index contributed by atoms with van der Waals surface area (Å²) in [5.41, 5.74) is 1.66. The van der Waals surface area contributed by atoms with Gasteiger partial charge in [-0.1, -0.05) is 60.7 Å². The highest BCUT2D eigenvalue weighted by Crippen LogP contribution is 2.30. The first-order valence-electron chi connectivity index (χ1n) is 9.24. The predicted molar refractivity (Wildman–Crippen MR) is 104 cm³/mol. The zero-order chi connectivity index (χ0) is 18.4. The van der Waals surface area contributed by atoms with Gasteiger partial charge in [0.15, 0.2) is 5.78 Å². The molecular formula is C22H28N2O2. The molecule has 0 bridgehead atoms. The number of hydrogen-bond donors (Lipinski definition) is 0. The van der Waals surface area contributed by atoms with Crippen LogP contribution in [0, 0.1) is 0 Å². The summed E-state index contributed by atoms with van der Waals surface area (Å²) in [6.07, 6.45) is 1.26. The van der Waals surface area contributed by atoms with Crippen molar-refractivity contribution in [2.75, 3.05) is 40.4 Å². The van der Waals surface area contributed by atoms with Gasteiger partial charge in [0.25, 0.3) is 0 Å². The van der Waals surface area contributed by atoms with E-state index < -0.39 is 0 Å². The van der Waals surface area contributed by atoms with Gasteiger partial charge in [-0.05, 0) is 19.7 Å². The van der Waals surface area contributed by atoms with Crippen molar-refractivity contribution in [3.63, 3.8) is 0 Å². The van der Waals surface area contributed by atoms with Gasteiger partial charge in [0.1, 0.15) is 0 Å². The van der Waals surface area contributed by atoms with E-state index in [-0.39, 0.29) is 11.4 Å². The molecule has 26 heavy (non-hydrogen) atoms. The third kappa shape index (κ3) is 4.21. The molecule has 4 nitrogen and oxygen atoms in total. The molecule has 3 rings (SSSR count). The Hall–Kier alpha value is -2.01. The van der Waals surface area contributed by atoms with E-state index in [2.05, 4.69) is 48.2 Å². The fraction of sp³-hybridized carbons (Fsp3) is 0.409. The molecule has 1 saturated heterocycles. The molecule has 0 aromatic heterocycles. The molecule has 1 atom stereocenters. The Morgan fingerprint density at radius 2 is 1.58 bits per heavy atom. The summed E-state index contributed by atoms with van der Waals surface area (Å²) in [5, 5.41) is 0. The molecule has 0 saturated carbocycles. The van der Waals surface area contributed by atoms with Crippen molar-refractivity contribution >= 4 is 5.78 Å². The monoisotopic (exact) mass is 352 g/mol. The normalized spacial score (nSPS) is 17.8. The predicted octanol–water partition coefficient (Wildman–Crippen LogP) is 3.09. The highest BCUT2D eigenvalue weighted by atomic mass is 16.5. The molecule has 0 amide bonds. The summed E-state index contributed by atoms with van der Waals surface area (Å²) in [5.74, 6) is 0.182. The van der Waals surface area contributed by atoms with Crippen LogP contribution >= 0.6 is 0 Å². The molecule has 1 aliphatic heterocycles. The lowest BCUT2D eigenvalue weighted by atomic mass is 9.88. The van der Waals surface area contributed by atoms with Crippen LogP contribution in [0.25, 0.3) is 0 Å². The van der Waals surface area contributed by atoms with E-state index in [1.54, 1.807) is 0 Å². The minimum atomic E-state index is -0.363. The summed E-state index contributed by atoms with van der Waals surface area (Å²) >= 11 is 0. The van der Waals surface area contributed by atoms with E-state index in [1.807, 2.05) is 36.4 Å². The fourth-order valence-electron chi connectivity index (χ4n) is 3.77. The number of carbonyl (C=O) groups is 1. The highest BCUT2D eigenvalue weighted by molar-refractivity contribution is 5.96. The highest BCUT2D eigenvalue weighted by Gasteiger charge is 2.41. The molecule has 2 aromatic rings. The molecule has 0 spiro atoms. The molecule has 0 radical (unpaired) electrons. The Kier molecular flexibility index (Phi) is 6.20. The largest absolute Gasteiger partial charge is 0.379 e. The molecule has 0 N–H and O–H groups in total. The van der Waals surface area contributed by atoms with Crippen molar-refractivity contribution in [3.05, 3.63) is 71.8 Å². The summed E-state index contributed by atoms with van der Waals surface area (Å²) in [6.45, 7) is 3.11. The quantitative estimate of drug-likeness (QED) is 0.717. The Morgan fingerprint density at radius 3 is 2.15 bits per heavy atom. The van der Waals surface area contributed by atoms with Gasteiger partial charge in [-0.25, -0.2) is 0 Å². The number of ether oxygens (including phenoxy) is 1. The lowest BCUT2D eigenvalue weighted by molar-refractivity contribution is -0.0836. The van der Waals surface area contributed by atoms with Crippen molar-refractivity contribution in [2.24, 2.45) is 0 Å². The van der Waals surface area contributed by atoms with Crippen molar-refractivity contribution < 1.29 is 9.53 Å². The fourth-order valence-corrected chi connectivity index (χ4v) is 3.77. The van der Waals surface area contributed by atoms with Crippen molar-refractivity contribution in [1.82, 2.24) is 9.80 Å². The summed E-state index contributed by atoms with van der Waals surface area (Å²) < 4.78 is 5.57. The van der Waals surface area contributed by atoms with Crippen molar-refractivity contribution in [2.45, 2.75) is 18.5 Å². The van der Waals surface area contributed by atoms with Crippen LogP contribution in [0.15, 0.2) is 60.7 Å². The molecule has 2 aromatic carbocycles. The van der Waals surface area contributed by atoms with Crippen molar-refractivity contribution in [1.29, 1.82) is 0 Å². The number of Topliss-reactive ketones (excluding diaryl/α,β-unsaturated/α-hetero) is 1. The summed E-state index contributed by atoms with van der Waals surface area (Å²) in [7, 11) is 4.16. The first kappa shape index (κ1) is 18.8. The molecule has 1 aliphatic rings. The van der Waals surface area contributed by atoms with E-state index >= 15 is 0 Å². The molecule has 4 heteroatoms. The molecule has 1 unspecified atom stereocenters. The van der Waals surface area contributed by atoms with Crippen LogP contribution in [0.5, 0.6) is 0 Å². The number of hydrogen-bond acceptors (Lipinski definition) is 4. The topological polar surface area (TPSA) is 32.8 Å². The number of nitrogens with zero attached hydrogens (tertiary/aromatic N) is 2. The van der Waals surface area contributed by atoms with Crippen LogP contribution in [0.4, 0.5) is 0 Å². The average Bonchev–Trinajstić information content (AvgIpc) is 2.69. The van der Waals surface area contributed by atoms with Crippen LogP contribution in [0.2, 0.25) is 0 Å². The van der Waals surface area contributed by atoms with Gasteiger partial charge >= 0.3 is 0 Å². The van der Waals surface area contributed by atoms with Crippen LogP contribution in [-0.4, -0.2) is 61.6 Å². The number of carbonyl (C=O) groups excluding carboxylic acids is 1. The molecule has 138 valence electrons. The SMILES string of the molecule is CN(C)C(CC(=O)c1ccccc1)(Cc1ccccc1)N1CCOCC1. The zero-order valence-corrected chi connectivity index (χ0v) is 15.7. The van der Waals surface area contributed by atoms with Gasteiger partial charge < -0.3 is 4.74 Å². The van der Waals surface area contributed by atoms with Crippen LogP contribution in [-0.2, 0) is 11.2 Å². The molecule has 0 aliphatic carbocycles. The van der Waals surface area contributed by atoms with Crippen LogP contribution < -0.4 is 0 Å². The van der Waals surface area contributed by atoms with Crippen molar-refractivity contribution in [3.8, 4) is 0 Å². The van der Waals surface area contributed by atoms with Crippen LogP contribution in [0.1, 0.15) is 22.3 Å². The Morgan fingerprint density at radius 1 is 1.00 bits per heavy atom. The second-order valence-electron chi connectivity index (χ2n) is 7.10. The third-order valence-corrected chi connectivity index (χ3v) is 5.30. The van der Waals surface area contributed by atoms with E-state index in [4.69, 9.17) is 4.74 Å². The van der Waals surface area contributed by atoms with E-state index in [0.717, 1.165) is 25.1 Å². The number of rotatable bonds is 7. The Labute approximate surface area is 156 Å². The minimum Gasteiger partial charge on any atom is -0.379 e. The van der Waals surface area contributed by atoms with Gasteiger partial charge in [-0.2, -0.15) is 0 Å². The third-order valence-electron chi connectivity index (χ3n) is 5.30. The van der Waals surface area contributed by atoms with E-state index in [0.29, 0.717) is 19.6 Å². The second kappa shape index (κ2) is 8.58. The number of morpholine rings is 1. The molecule has 1 fully saturated rings. The molecule has 1 heterocycles.